The Bertz CT molecular complexity index is 1020. The van der Waals surface area contributed by atoms with E-state index in [0.29, 0.717) is 31.8 Å². The van der Waals surface area contributed by atoms with E-state index >= 15 is 0 Å². The lowest BCUT2D eigenvalue weighted by Crippen LogP contribution is -2.49. The number of allylic oxidation sites excluding steroid dienone is 3. The van der Waals surface area contributed by atoms with E-state index in [9.17, 15) is 26.3 Å². The van der Waals surface area contributed by atoms with E-state index < -0.39 is 23.6 Å². The second-order valence-corrected chi connectivity index (χ2v) is 7.70. The molecule has 1 fully saturated rings. The third-order valence-electron chi connectivity index (χ3n) is 5.35. The van der Waals surface area contributed by atoms with Crippen LogP contribution >= 0.6 is 0 Å². The van der Waals surface area contributed by atoms with Gasteiger partial charge in [0, 0.05) is 38.7 Å². The predicted octanol–water partition coefficient (Wildman–Crippen LogP) is 4.49. The second-order valence-electron chi connectivity index (χ2n) is 7.70. The molecule has 1 aromatic rings. The Hall–Kier alpha value is -2.84. The highest BCUT2D eigenvalue weighted by atomic mass is 19.4. The molecule has 10 heteroatoms. The van der Waals surface area contributed by atoms with Gasteiger partial charge in [-0.1, -0.05) is 23.4 Å². The summed E-state index contributed by atoms with van der Waals surface area (Å²) in [5.74, 6) is 0.246. The average Bonchev–Trinajstić information content (AvgIpc) is 2.84. The first-order valence-electron chi connectivity index (χ1n) is 9.94. The number of hydrogen-bond donors (Lipinski definition) is 0. The minimum Gasteiger partial charge on any atom is -0.348 e. The van der Waals surface area contributed by atoms with Crippen molar-refractivity contribution in [3.8, 4) is 0 Å². The summed E-state index contributed by atoms with van der Waals surface area (Å²) in [4.78, 5) is 8.44. The number of benzene rings is 1. The molecule has 0 unspecified atom stereocenters. The van der Waals surface area contributed by atoms with E-state index in [-0.39, 0.29) is 29.2 Å². The summed E-state index contributed by atoms with van der Waals surface area (Å²) in [6.45, 7) is 6.82. The van der Waals surface area contributed by atoms with Gasteiger partial charge in [-0.05, 0) is 30.8 Å². The van der Waals surface area contributed by atoms with Crippen LogP contribution in [0.25, 0.3) is 5.57 Å². The molecule has 2 aliphatic heterocycles. The van der Waals surface area contributed by atoms with Gasteiger partial charge in [0.2, 0.25) is 5.84 Å². The quantitative estimate of drug-likeness (QED) is 0.354. The Morgan fingerprint density at radius 1 is 1.09 bits per heavy atom. The Kier molecular flexibility index (Phi) is 6.67. The maximum Gasteiger partial charge on any atom is 0.490 e. The lowest BCUT2D eigenvalue weighted by atomic mass is 9.97. The normalized spacial score (nSPS) is 19.2. The molecule has 0 saturated carbocycles. The molecule has 0 N–H and O–H groups in total. The number of halogens is 6. The molecule has 32 heavy (non-hydrogen) atoms. The Morgan fingerprint density at radius 3 is 2.31 bits per heavy atom. The van der Waals surface area contributed by atoms with Crippen LogP contribution in [0.2, 0.25) is 0 Å². The molecule has 0 aliphatic carbocycles. The van der Waals surface area contributed by atoms with E-state index in [2.05, 4.69) is 21.1 Å². The molecule has 0 atom stereocenters. The first-order chi connectivity index (χ1) is 14.9. The topological polar surface area (TPSA) is 32.9 Å². The molecule has 0 spiro atoms. The van der Waals surface area contributed by atoms with Crippen LogP contribution in [-0.4, -0.2) is 66.5 Å². The molecule has 4 nitrogen and oxygen atoms in total. The Balaban J connectivity index is 2.25. The van der Waals surface area contributed by atoms with Gasteiger partial charge in [0.1, 0.15) is 0 Å². The van der Waals surface area contributed by atoms with Crippen molar-refractivity contribution < 1.29 is 26.3 Å². The van der Waals surface area contributed by atoms with Crippen molar-refractivity contribution in [3.63, 3.8) is 0 Å². The number of amidine groups is 1. The van der Waals surface area contributed by atoms with Crippen LogP contribution in [0.5, 0.6) is 0 Å². The molecule has 0 amide bonds. The van der Waals surface area contributed by atoms with Crippen LogP contribution in [0.4, 0.5) is 32.0 Å². The van der Waals surface area contributed by atoms with Crippen molar-refractivity contribution in [2.24, 2.45) is 4.99 Å². The van der Waals surface area contributed by atoms with Crippen molar-refractivity contribution in [2.45, 2.75) is 25.7 Å². The van der Waals surface area contributed by atoms with E-state index in [1.54, 1.807) is 0 Å². The number of alkyl halides is 6. The Morgan fingerprint density at radius 2 is 1.75 bits per heavy atom. The van der Waals surface area contributed by atoms with E-state index in [0.717, 1.165) is 19.1 Å². The third-order valence-corrected chi connectivity index (χ3v) is 5.35. The molecular formula is C22H23F6N4+. The molecule has 0 bridgehead atoms. The zero-order valence-corrected chi connectivity index (χ0v) is 17.7. The Labute approximate surface area is 182 Å². The van der Waals surface area contributed by atoms with Gasteiger partial charge < -0.3 is 9.80 Å². The molecule has 0 aromatic heterocycles. The van der Waals surface area contributed by atoms with Crippen molar-refractivity contribution in [2.75, 3.05) is 33.2 Å². The summed E-state index contributed by atoms with van der Waals surface area (Å²) in [6, 6.07) is 3.14. The van der Waals surface area contributed by atoms with Gasteiger partial charge in [-0.3, -0.25) is 0 Å². The average molecular weight is 457 g/mol. The maximum absolute atomic E-state index is 13.3. The first kappa shape index (κ1) is 23.8. The molecular weight excluding hydrogens is 434 g/mol. The van der Waals surface area contributed by atoms with Gasteiger partial charge in [-0.25, -0.2) is 4.99 Å². The smallest absolute Gasteiger partial charge is 0.348 e. The molecule has 2 heterocycles. The molecule has 3 rings (SSSR count). The highest BCUT2D eigenvalue weighted by Gasteiger charge is 2.42. The molecule has 1 saturated heterocycles. The summed E-state index contributed by atoms with van der Waals surface area (Å²) in [5.41, 5.74) is -1.05. The zero-order chi connectivity index (χ0) is 23.7. The van der Waals surface area contributed by atoms with E-state index in [1.165, 1.54) is 18.2 Å². The van der Waals surface area contributed by atoms with Gasteiger partial charge in [0.05, 0.1) is 17.7 Å². The van der Waals surface area contributed by atoms with Crippen molar-refractivity contribution in [1.82, 2.24) is 14.5 Å². The van der Waals surface area contributed by atoms with Crippen molar-refractivity contribution >= 4 is 28.5 Å². The van der Waals surface area contributed by atoms with Crippen LogP contribution < -0.4 is 4.67 Å². The lowest BCUT2D eigenvalue weighted by Gasteiger charge is -2.33. The van der Waals surface area contributed by atoms with Crippen LogP contribution in [0.3, 0.4) is 0 Å². The molecule has 0 radical (unpaired) electrons. The number of likely N-dealkylation sites (N-methyl/N-ethyl adjacent to an activating group) is 1. The first-order valence-corrected chi connectivity index (χ1v) is 9.94. The largest absolute Gasteiger partial charge is 0.490 e. The molecule has 1 aromatic carbocycles. The summed E-state index contributed by atoms with van der Waals surface area (Å²) in [7, 11) is 1.93. The fourth-order valence-corrected chi connectivity index (χ4v) is 3.52. The number of nitrogens with zero attached hydrogens (tertiary/aromatic N) is 4. The molecule has 2 aliphatic rings. The van der Waals surface area contributed by atoms with Crippen LogP contribution in [0, 0.1) is 0 Å². The van der Waals surface area contributed by atoms with Gasteiger partial charge in [-0.2, -0.15) is 26.3 Å². The fourth-order valence-electron chi connectivity index (χ4n) is 3.52. The summed E-state index contributed by atoms with van der Waals surface area (Å²) in [6.07, 6.45) is -6.44. The summed E-state index contributed by atoms with van der Waals surface area (Å²) < 4.78 is 83.6. The van der Waals surface area contributed by atoms with Gasteiger partial charge in [0.15, 0.2) is 0 Å². The number of piperazine rings is 1. The zero-order valence-electron chi connectivity index (χ0n) is 17.7. The van der Waals surface area contributed by atoms with Gasteiger partial charge in [0.25, 0.3) is 0 Å². The second kappa shape index (κ2) is 8.96. The van der Waals surface area contributed by atoms with E-state index in [4.69, 9.17) is 0 Å². The number of aliphatic imine (C=N–C) groups is 1. The lowest BCUT2D eigenvalue weighted by molar-refractivity contribution is -0.137. The standard InChI is InChI=1S/C22H23F6N4/c1-4-5-15-12-19(29-14(2)21(23,24)25)20(32-10-8-31(3)9-11-32)30-18-7-6-16(13-17(15)18)22(26,27)28/h4-7,13H,1,8-12H2,2-3H3/q+1. The summed E-state index contributed by atoms with van der Waals surface area (Å²) >= 11 is 0. The molecule has 172 valence electrons. The van der Waals surface area contributed by atoms with Gasteiger partial charge >= 0.3 is 23.8 Å². The summed E-state index contributed by atoms with van der Waals surface area (Å²) in [5, 5.41) is 0. The minimum absolute atomic E-state index is 0.0576. The van der Waals surface area contributed by atoms with E-state index in [1.807, 2.05) is 11.9 Å². The third kappa shape index (κ3) is 5.31. The number of hydrogen-bond acceptors (Lipinski definition) is 3. The van der Waals surface area contributed by atoms with Crippen molar-refractivity contribution in [3.05, 3.63) is 48.1 Å². The van der Waals surface area contributed by atoms with Crippen LogP contribution in [-0.2, 0) is 6.18 Å². The van der Waals surface area contributed by atoms with Gasteiger partial charge in [-0.15, -0.1) is 0 Å². The maximum atomic E-state index is 13.3. The SMILES string of the molecule is C=CC=C1CC(=[N+]=C(C)C(F)(F)F)C(N2CCN(C)CC2)=Nc2ccc(C(F)(F)F)cc21. The monoisotopic (exact) mass is 457 g/mol. The highest BCUT2D eigenvalue weighted by Crippen LogP contribution is 2.38. The van der Waals surface area contributed by atoms with Crippen LogP contribution in [0.1, 0.15) is 24.5 Å². The minimum atomic E-state index is -4.63. The number of rotatable bonds is 1. The number of fused-ring (bicyclic) bond motifs is 1. The van der Waals surface area contributed by atoms with Crippen LogP contribution in [0.15, 0.2) is 41.9 Å². The fraction of sp³-hybridized carbons (Fsp3) is 0.409. The predicted molar refractivity (Wildman–Crippen MR) is 114 cm³/mol. The highest BCUT2D eigenvalue weighted by molar-refractivity contribution is 6.44. The van der Waals surface area contributed by atoms with Crippen molar-refractivity contribution in [1.29, 1.82) is 0 Å².